The Hall–Kier alpha value is -0.650. The molecule has 1 amide bonds. The molecule has 0 aromatic heterocycles. The van der Waals surface area contributed by atoms with E-state index in [9.17, 15) is 4.79 Å². The van der Waals surface area contributed by atoms with Crippen LogP contribution in [0.5, 0.6) is 0 Å². The third-order valence-corrected chi connectivity index (χ3v) is 2.70. The third kappa shape index (κ3) is 2.67. The van der Waals surface area contributed by atoms with E-state index >= 15 is 0 Å². The Morgan fingerprint density at radius 2 is 2.29 bits per heavy atom. The highest BCUT2D eigenvalue weighted by molar-refractivity contribution is 5.80. The van der Waals surface area contributed by atoms with Crippen molar-refractivity contribution in [1.29, 1.82) is 0 Å². The smallest absolute Gasteiger partial charge is 0.235 e. The van der Waals surface area contributed by atoms with Crippen LogP contribution in [0.4, 0.5) is 0 Å². The SMILES string of the molecule is CC1CN(C(C)C(N)C(N)=O)CCO1. The second-order valence-electron chi connectivity index (χ2n) is 3.85. The fourth-order valence-electron chi connectivity index (χ4n) is 1.68. The Labute approximate surface area is 84.4 Å². The van der Waals surface area contributed by atoms with E-state index in [2.05, 4.69) is 4.90 Å². The number of carbonyl (C=O) groups excluding carboxylic acids is 1. The van der Waals surface area contributed by atoms with Crippen molar-refractivity contribution in [3.05, 3.63) is 0 Å². The second-order valence-corrected chi connectivity index (χ2v) is 3.85. The van der Waals surface area contributed by atoms with Crippen molar-refractivity contribution in [2.45, 2.75) is 32.0 Å². The number of hydrogen-bond donors (Lipinski definition) is 2. The van der Waals surface area contributed by atoms with E-state index in [0.29, 0.717) is 6.61 Å². The lowest BCUT2D eigenvalue weighted by Crippen LogP contribution is -2.56. The zero-order valence-corrected chi connectivity index (χ0v) is 8.77. The van der Waals surface area contributed by atoms with Gasteiger partial charge in [0, 0.05) is 19.1 Å². The average Bonchev–Trinajstić information content (AvgIpc) is 2.15. The van der Waals surface area contributed by atoms with Crippen molar-refractivity contribution in [3.63, 3.8) is 0 Å². The Balaban J connectivity index is 2.50. The van der Waals surface area contributed by atoms with Crippen LogP contribution in [0.15, 0.2) is 0 Å². The summed E-state index contributed by atoms with van der Waals surface area (Å²) in [6, 6.07) is -0.612. The summed E-state index contributed by atoms with van der Waals surface area (Å²) >= 11 is 0. The number of morpholine rings is 1. The zero-order valence-electron chi connectivity index (χ0n) is 8.77. The molecule has 0 spiro atoms. The van der Waals surface area contributed by atoms with Crippen LogP contribution in [0.1, 0.15) is 13.8 Å². The van der Waals surface area contributed by atoms with Gasteiger partial charge in [-0.15, -0.1) is 0 Å². The number of amides is 1. The molecule has 1 rings (SSSR count). The van der Waals surface area contributed by atoms with Crippen molar-refractivity contribution in [2.75, 3.05) is 19.7 Å². The van der Waals surface area contributed by atoms with Crippen molar-refractivity contribution in [1.82, 2.24) is 4.90 Å². The normalized spacial score (nSPS) is 28.4. The minimum absolute atomic E-state index is 0.0150. The molecule has 0 bridgehead atoms. The van der Waals surface area contributed by atoms with E-state index in [0.717, 1.165) is 13.1 Å². The summed E-state index contributed by atoms with van der Waals surface area (Å²) in [6.45, 7) is 6.24. The van der Waals surface area contributed by atoms with Gasteiger partial charge in [-0.3, -0.25) is 9.69 Å². The lowest BCUT2D eigenvalue weighted by molar-refractivity contribution is -0.121. The molecule has 82 valence electrons. The van der Waals surface area contributed by atoms with Crippen LogP contribution in [0, 0.1) is 0 Å². The first-order valence-corrected chi connectivity index (χ1v) is 4.93. The quantitative estimate of drug-likeness (QED) is 0.608. The van der Waals surface area contributed by atoms with Crippen molar-refractivity contribution in [3.8, 4) is 0 Å². The lowest BCUT2D eigenvalue weighted by Gasteiger charge is -2.37. The predicted molar refractivity (Wildman–Crippen MR) is 53.6 cm³/mol. The topological polar surface area (TPSA) is 81.6 Å². The zero-order chi connectivity index (χ0) is 10.7. The van der Waals surface area contributed by atoms with Gasteiger partial charge < -0.3 is 16.2 Å². The summed E-state index contributed by atoms with van der Waals surface area (Å²) in [5, 5.41) is 0. The molecule has 1 heterocycles. The van der Waals surface area contributed by atoms with Crippen LogP contribution in [0.2, 0.25) is 0 Å². The molecular formula is C9H19N3O2. The average molecular weight is 201 g/mol. The van der Waals surface area contributed by atoms with Crippen molar-refractivity contribution >= 4 is 5.91 Å². The molecule has 1 aliphatic heterocycles. The second kappa shape index (κ2) is 4.72. The minimum atomic E-state index is -0.597. The molecule has 0 aromatic carbocycles. The first-order valence-electron chi connectivity index (χ1n) is 4.93. The Bertz CT molecular complexity index is 210. The number of nitrogens with two attached hydrogens (primary N) is 2. The van der Waals surface area contributed by atoms with Gasteiger partial charge in [-0.1, -0.05) is 0 Å². The van der Waals surface area contributed by atoms with E-state index < -0.39 is 11.9 Å². The highest BCUT2D eigenvalue weighted by Crippen LogP contribution is 2.10. The van der Waals surface area contributed by atoms with Gasteiger partial charge in [-0.2, -0.15) is 0 Å². The Morgan fingerprint density at radius 3 is 2.79 bits per heavy atom. The molecule has 1 fully saturated rings. The third-order valence-electron chi connectivity index (χ3n) is 2.70. The number of primary amides is 1. The van der Waals surface area contributed by atoms with Crippen LogP contribution in [-0.2, 0) is 9.53 Å². The van der Waals surface area contributed by atoms with E-state index in [4.69, 9.17) is 16.2 Å². The van der Waals surface area contributed by atoms with Gasteiger partial charge in [0.05, 0.1) is 18.8 Å². The Kier molecular flexibility index (Phi) is 3.86. The van der Waals surface area contributed by atoms with E-state index in [1.807, 2.05) is 13.8 Å². The summed E-state index contributed by atoms with van der Waals surface area (Å²) in [7, 11) is 0. The van der Waals surface area contributed by atoms with Crippen molar-refractivity contribution < 1.29 is 9.53 Å². The number of ether oxygens (including phenoxy) is 1. The maximum absolute atomic E-state index is 10.9. The molecule has 1 saturated heterocycles. The molecule has 5 nitrogen and oxygen atoms in total. The van der Waals surface area contributed by atoms with Crippen LogP contribution >= 0.6 is 0 Å². The summed E-state index contributed by atoms with van der Waals surface area (Å²) in [4.78, 5) is 13.0. The molecular weight excluding hydrogens is 182 g/mol. The molecule has 0 aliphatic carbocycles. The molecule has 5 heteroatoms. The van der Waals surface area contributed by atoms with Gasteiger partial charge in [-0.25, -0.2) is 0 Å². The molecule has 0 aromatic rings. The van der Waals surface area contributed by atoms with E-state index in [1.54, 1.807) is 0 Å². The highest BCUT2D eigenvalue weighted by Gasteiger charge is 2.27. The number of rotatable bonds is 3. The van der Waals surface area contributed by atoms with Gasteiger partial charge >= 0.3 is 0 Å². The monoisotopic (exact) mass is 201 g/mol. The van der Waals surface area contributed by atoms with Crippen LogP contribution in [-0.4, -0.2) is 48.7 Å². The number of hydrogen-bond acceptors (Lipinski definition) is 4. The van der Waals surface area contributed by atoms with Crippen molar-refractivity contribution in [2.24, 2.45) is 11.5 Å². The predicted octanol–water partition coefficient (Wildman–Crippen LogP) is -1.09. The Morgan fingerprint density at radius 1 is 1.64 bits per heavy atom. The van der Waals surface area contributed by atoms with Gasteiger partial charge in [0.2, 0.25) is 5.91 Å². The maximum atomic E-state index is 10.9. The highest BCUT2D eigenvalue weighted by atomic mass is 16.5. The number of carbonyl (C=O) groups is 1. The molecule has 4 N–H and O–H groups in total. The molecule has 0 saturated carbocycles. The van der Waals surface area contributed by atoms with Gasteiger partial charge in [-0.05, 0) is 13.8 Å². The van der Waals surface area contributed by atoms with E-state index in [-0.39, 0.29) is 12.1 Å². The molecule has 3 unspecified atom stereocenters. The molecule has 1 aliphatic rings. The largest absolute Gasteiger partial charge is 0.376 e. The molecule has 0 radical (unpaired) electrons. The fourth-order valence-corrected chi connectivity index (χ4v) is 1.68. The fraction of sp³-hybridized carbons (Fsp3) is 0.889. The van der Waals surface area contributed by atoms with E-state index in [1.165, 1.54) is 0 Å². The summed E-state index contributed by atoms with van der Waals surface area (Å²) < 4.78 is 5.40. The first-order chi connectivity index (χ1) is 6.52. The first kappa shape index (κ1) is 11.4. The standard InChI is InChI=1S/C9H19N3O2/c1-6-5-12(3-4-14-6)7(2)8(10)9(11)13/h6-8H,3-5,10H2,1-2H3,(H2,11,13). The summed E-state index contributed by atoms with van der Waals surface area (Å²) in [5.41, 5.74) is 10.8. The van der Waals surface area contributed by atoms with Crippen LogP contribution < -0.4 is 11.5 Å². The minimum Gasteiger partial charge on any atom is -0.376 e. The van der Waals surface area contributed by atoms with Crippen LogP contribution in [0.3, 0.4) is 0 Å². The van der Waals surface area contributed by atoms with Crippen LogP contribution in [0.25, 0.3) is 0 Å². The lowest BCUT2D eigenvalue weighted by atomic mass is 10.1. The maximum Gasteiger partial charge on any atom is 0.235 e. The summed E-state index contributed by atoms with van der Waals surface area (Å²) in [5.74, 6) is -0.448. The van der Waals surface area contributed by atoms with Gasteiger partial charge in [0.15, 0.2) is 0 Å². The number of nitrogens with zero attached hydrogens (tertiary/aromatic N) is 1. The molecule has 3 atom stereocenters. The van der Waals surface area contributed by atoms with Gasteiger partial charge in [0.25, 0.3) is 0 Å². The summed E-state index contributed by atoms with van der Waals surface area (Å²) in [6.07, 6.45) is 0.200. The van der Waals surface area contributed by atoms with Gasteiger partial charge in [0.1, 0.15) is 0 Å². The molecule has 14 heavy (non-hydrogen) atoms.